The van der Waals surface area contributed by atoms with Crippen LogP contribution in [0.15, 0.2) is 41.2 Å². The number of hydrogen-bond donors (Lipinski definition) is 2. The maximum absolute atomic E-state index is 13.5. The maximum atomic E-state index is 13.5. The number of ether oxygens (including phenoxy) is 2. The second-order valence-electron chi connectivity index (χ2n) is 9.60. The van der Waals surface area contributed by atoms with E-state index in [1.54, 1.807) is 32.1 Å². The zero-order chi connectivity index (χ0) is 25.5. The molecule has 5 unspecified atom stereocenters. The first-order valence-electron chi connectivity index (χ1n) is 11.5. The number of thiol groups is 1. The van der Waals surface area contributed by atoms with E-state index in [-0.39, 0.29) is 37.0 Å². The van der Waals surface area contributed by atoms with Crippen molar-refractivity contribution in [3.63, 3.8) is 0 Å². The Morgan fingerprint density at radius 2 is 2.17 bits per heavy atom. The van der Waals surface area contributed by atoms with Gasteiger partial charge in [0, 0.05) is 18.3 Å². The number of nitrogens with zero attached hydrogens (tertiary/aromatic N) is 3. The average molecular weight is 512 g/mol. The lowest BCUT2D eigenvalue weighted by molar-refractivity contribution is -0.172. The Kier molecular flexibility index (Phi) is 7.04. The van der Waals surface area contributed by atoms with E-state index in [1.807, 2.05) is 4.90 Å². The topological polar surface area (TPSA) is 86.0 Å². The van der Waals surface area contributed by atoms with Crippen molar-refractivity contribution in [2.75, 3.05) is 19.8 Å². The summed E-state index contributed by atoms with van der Waals surface area (Å²) in [7, 11) is 0. The van der Waals surface area contributed by atoms with Crippen molar-refractivity contribution >= 4 is 18.5 Å². The number of rotatable bonds is 6. The summed E-state index contributed by atoms with van der Waals surface area (Å²) < 4.78 is 51.8. The Balaban J connectivity index is 1.41. The van der Waals surface area contributed by atoms with Crippen molar-refractivity contribution in [1.29, 1.82) is 5.26 Å². The second kappa shape index (κ2) is 9.58. The van der Waals surface area contributed by atoms with E-state index < -0.39 is 35.2 Å². The number of aliphatic hydroxyl groups is 1. The molecule has 0 aromatic carbocycles. The predicted molar refractivity (Wildman–Crippen MR) is 122 cm³/mol. The normalized spacial score (nSPS) is 32.4. The van der Waals surface area contributed by atoms with Gasteiger partial charge >= 0.3 is 6.18 Å². The van der Waals surface area contributed by atoms with Gasteiger partial charge in [-0.25, -0.2) is 0 Å². The van der Waals surface area contributed by atoms with Gasteiger partial charge in [0.15, 0.2) is 5.76 Å². The number of alkyl halides is 3. The van der Waals surface area contributed by atoms with Gasteiger partial charge in [-0.2, -0.15) is 18.4 Å². The van der Waals surface area contributed by atoms with Crippen LogP contribution < -0.4 is 0 Å². The summed E-state index contributed by atoms with van der Waals surface area (Å²) in [5.74, 6) is -2.48. The van der Waals surface area contributed by atoms with Gasteiger partial charge in [0.2, 0.25) is 5.91 Å². The van der Waals surface area contributed by atoms with Crippen LogP contribution in [0, 0.1) is 29.1 Å². The van der Waals surface area contributed by atoms with Crippen LogP contribution in [0.5, 0.6) is 0 Å². The van der Waals surface area contributed by atoms with Crippen molar-refractivity contribution in [2.45, 2.75) is 56.4 Å². The third-order valence-corrected chi connectivity index (χ3v) is 7.49. The molecule has 35 heavy (non-hydrogen) atoms. The molecule has 0 bridgehead atoms. The molecule has 0 aromatic rings. The number of carbonyl (C=O) groups excluding carboxylic acids is 1. The molecule has 2 saturated heterocycles. The zero-order valence-corrected chi connectivity index (χ0v) is 20.4. The second-order valence-corrected chi connectivity index (χ2v) is 10.1. The number of amides is 1. The summed E-state index contributed by atoms with van der Waals surface area (Å²) >= 11 is 4.60. The highest BCUT2D eigenvalue weighted by atomic mass is 32.1. The highest BCUT2D eigenvalue weighted by Gasteiger charge is 2.53. The van der Waals surface area contributed by atoms with Crippen LogP contribution in [0.1, 0.15) is 33.1 Å². The Hall–Kier alpha value is -2.38. The first kappa shape index (κ1) is 25.7. The fraction of sp³-hybridized carbons (Fsp3) is 0.625. The molecule has 2 heterocycles. The number of nitriles is 1. The minimum atomic E-state index is -4.56. The molecule has 2 aliphatic heterocycles. The smallest absolute Gasteiger partial charge is 0.396 e. The van der Waals surface area contributed by atoms with Crippen LogP contribution in [0.3, 0.4) is 0 Å². The molecule has 0 saturated carbocycles. The van der Waals surface area contributed by atoms with Gasteiger partial charge in [0.05, 0.1) is 36.0 Å². The average Bonchev–Trinajstić information content (AvgIpc) is 3.25. The molecule has 5 atom stereocenters. The number of hydrogen-bond acceptors (Lipinski definition) is 7. The lowest BCUT2D eigenvalue weighted by atomic mass is 9.82. The summed E-state index contributed by atoms with van der Waals surface area (Å²) in [6.07, 6.45) is 0.0569. The van der Waals surface area contributed by atoms with Crippen LogP contribution in [0.25, 0.3) is 0 Å². The number of carbonyl (C=O) groups is 1. The highest BCUT2D eigenvalue weighted by Crippen LogP contribution is 2.44. The molecule has 4 aliphatic rings. The van der Waals surface area contributed by atoms with E-state index in [0.717, 1.165) is 6.08 Å². The largest absolute Gasteiger partial charge is 0.494 e. The van der Waals surface area contributed by atoms with Crippen LogP contribution in [-0.4, -0.2) is 63.9 Å². The van der Waals surface area contributed by atoms with E-state index in [0.29, 0.717) is 31.1 Å². The molecular weight excluding hydrogens is 483 g/mol. The van der Waals surface area contributed by atoms with Crippen molar-refractivity contribution in [2.24, 2.45) is 17.8 Å². The maximum Gasteiger partial charge on any atom is 0.396 e. The van der Waals surface area contributed by atoms with Gasteiger partial charge in [-0.1, -0.05) is 11.8 Å². The van der Waals surface area contributed by atoms with E-state index in [2.05, 4.69) is 18.4 Å². The fourth-order valence-electron chi connectivity index (χ4n) is 4.93. The molecule has 7 nitrogen and oxygen atoms in total. The summed E-state index contributed by atoms with van der Waals surface area (Å²) in [6.45, 7) is 4.42. The summed E-state index contributed by atoms with van der Waals surface area (Å²) in [6, 6.07) is 1.75. The van der Waals surface area contributed by atoms with Gasteiger partial charge in [0.25, 0.3) is 0 Å². The van der Waals surface area contributed by atoms with Crippen molar-refractivity contribution < 1.29 is 32.5 Å². The Labute approximate surface area is 207 Å². The standard InChI is InChI=1S/C24H28F3N3O4S/c1-23(2)21(32)30(15-5-4-14(12-28)18(10-15)24(25,26)27)22(35)29(23)8-3-9-33-16-6-7-17-19(31)13-34-20(17)11-16/h7,10-11,14,17-19,22,31,35H,3-5,8-9,13H2,1-2H3. The van der Waals surface area contributed by atoms with Crippen LogP contribution in [-0.2, 0) is 14.3 Å². The number of halogens is 3. The highest BCUT2D eigenvalue weighted by molar-refractivity contribution is 7.80. The zero-order valence-electron chi connectivity index (χ0n) is 19.5. The van der Waals surface area contributed by atoms with Crippen LogP contribution >= 0.6 is 12.6 Å². The van der Waals surface area contributed by atoms with E-state index >= 15 is 0 Å². The summed E-state index contributed by atoms with van der Waals surface area (Å²) in [5.41, 5.74) is 1.55. The van der Waals surface area contributed by atoms with Crippen molar-refractivity contribution in [1.82, 2.24) is 9.80 Å². The molecule has 0 radical (unpaired) electrons. The molecule has 2 aliphatic carbocycles. The third-order valence-electron chi connectivity index (χ3n) is 6.98. The number of aliphatic hydroxyl groups excluding tert-OH is 1. The first-order chi connectivity index (χ1) is 16.4. The molecule has 2 fully saturated rings. The van der Waals surface area contributed by atoms with Crippen molar-refractivity contribution in [3.05, 3.63) is 41.2 Å². The molecule has 1 amide bonds. The third kappa shape index (κ3) is 4.85. The quantitative estimate of drug-likeness (QED) is 0.323. The van der Waals surface area contributed by atoms with Gasteiger partial charge in [-0.05, 0) is 39.2 Å². The SMILES string of the molecule is CC1(C)C(=O)N(C2=CC(C(F)(F)F)C(C#N)CC2)C(S)N1CCCOC1=C=CC2C(=C1)OCC2O. The molecule has 4 rings (SSSR count). The summed E-state index contributed by atoms with van der Waals surface area (Å²) in [5, 5.41) is 19.0. The lowest BCUT2D eigenvalue weighted by Gasteiger charge is -2.34. The Morgan fingerprint density at radius 3 is 2.86 bits per heavy atom. The lowest BCUT2D eigenvalue weighted by Crippen LogP contribution is -2.45. The van der Waals surface area contributed by atoms with E-state index in [1.165, 1.54) is 4.90 Å². The summed E-state index contributed by atoms with van der Waals surface area (Å²) in [4.78, 5) is 16.4. The Bertz CT molecular complexity index is 1040. The predicted octanol–water partition coefficient (Wildman–Crippen LogP) is 3.47. The molecule has 11 heteroatoms. The number of allylic oxidation sites excluding steroid dienone is 2. The van der Waals surface area contributed by atoms with Crippen LogP contribution in [0.4, 0.5) is 13.2 Å². The van der Waals surface area contributed by atoms with Gasteiger partial charge in [0.1, 0.15) is 24.0 Å². The minimum absolute atomic E-state index is 0.0325. The molecule has 0 spiro atoms. The van der Waals surface area contributed by atoms with Gasteiger partial charge < -0.3 is 14.6 Å². The minimum Gasteiger partial charge on any atom is -0.494 e. The van der Waals surface area contributed by atoms with Crippen LogP contribution in [0.2, 0.25) is 0 Å². The first-order valence-corrected chi connectivity index (χ1v) is 12.0. The van der Waals surface area contributed by atoms with E-state index in [4.69, 9.17) is 14.7 Å². The molecule has 0 aromatic heterocycles. The molecular formula is C24H28F3N3O4S. The van der Waals surface area contributed by atoms with Gasteiger partial charge in [-0.3, -0.25) is 14.6 Å². The van der Waals surface area contributed by atoms with Gasteiger partial charge in [-0.15, -0.1) is 12.6 Å². The monoisotopic (exact) mass is 511 g/mol. The van der Waals surface area contributed by atoms with E-state index in [9.17, 15) is 23.1 Å². The number of fused-ring (bicyclic) bond motifs is 1. The molecule has 190 valence electrons. The Morgan fingerprint density at radius 1 is 1.43 bits per heavy atom. The fourth-order valence-corrected chi connectivity index (χ4v) is 5.58. The van der Waals surface area contributed by atoms with Crippen molar-refractivity contribution in [3.8, 4) is 6.07 Å². The molecule has 1 N–H and O–H groups in total.